The Morgan fingerprint density at radius 2 is 2.00 bits per heavy atom. The molecule has 0 amide bonds. The van der Waals surface area contributed by atoms with Gasteiger partial charge < -0.3 is 10.5 Å². The van der Waals surface area contributed by atoms with E-state index in [0.29, 0.717) is 0 Å². The van der Waals surface area contributed by atoms with Crippen molar-refractivity contribution in [2.24, 2.45) is 29.4 Å². The van der Waals surface area contributed by atoms with Crippen LogP contribution in [0.15, 0.2) is 0 Å². The zero-order chi connectivity index (χ0) is 14.7. The van der Waals surface area contributed by atoms with Gasteiger partial charge in [0.05, 0.1) is 5.60 Å². The molecular formula is C18H33NOS. The molecule has 2 aliphatic heterocycles. The topological polar surface area (TPSA) is 35.2 Å². The van der Waals surface area contributed by atoms with Crippen molar-refractivity contribution < 1.29 is 4.74 Å². The lowest BCUT2D eigenvalue weighted by Crippen LogP contribution is -2.46. The lowest BCUT2D eigenvalue weighted by Gasteiger charge is -2.48. The molecule has 0 aromatic carbocycles. The summed E-state index contributed by atoms with van der Waals surface area (Å²) in [5.41, 5.74) is 6.37. The van der Waals surface area contributed by atoms with Crippen LogP contribution in [0.3, 0.4) is 0 Å². The molecule has 3 fully saturated rings. The fourth-order valence-corrected chi connectivity index (χ4v) is 6.36. The number of ether oxygens (including phenoxy) is 1. The van der Waals surface area contributed by atoms with E-state index in [1.165, 1.54) is 62.9 Å². The third kappa shape index (κ3) is 3.61. The van der Waals surface area contributed by atoms with Crippen LogP contribution in [0.1, 0.15) is 58.3 Å². The molecule has 1 saturated carbocycles. The molecule has 0 aromatic rings. The number of hydrogen-bond donors (Lipinski definition) is 1. The zero-order valence-electron chi connectivity index (χ0n) is 13.7. The Morgan fingerprint density at radius 3 is 2.71 bits per heavy atom. The van der Waals surface area contributed by atoms with E-state index in [9.17, 15) is 0 Å². The van der Waals surface area contributed by atoms with Crippen molar-refractivity contribution in [2.45, 2.75) is 63.9 Å². The smallest absolute Gasteiger partial charge is 0.0701 e. The third-order valence-corrected chi connectivity index (χ3v) is 7.56. The predicted molar refractivity (Wildman–Crippen MR) is 91.6 cm³/mol. The van der Waals surface area contributed by atoms with Crippen LogP contribution in [0, 0.1) is 23.7 Å². The maximum Gasteiger partial charge on any atom is 0.0701 e. The summed E-state index contributed by atoms with van der Waals surface area (Å²) in [5, 5.41) is 0. The van der Waals surface area contributed by atoms with Crippen LogP contribution in [0.2, 0.25) is 0 Å². The molecule has 3 heteroatoms. The Bertz CT molecular complexity index is 324. The van der Waals surface area contributed by atoms with Crippen molar-refractivity contribution in [2.75, 3.05) is 24.7 Å². The first-order valence-corrected chi connectivity index (χ1v) is 10.3. The molecule has 2 heterocycles. The Balaban J connectivity index is 1.68. The van der Waals surface area contributed by atoms with Crippen LogP contribution in [0.5, 0.6) is 0 Å². The van der Waals surface area contributed by atoms with Crippen molar-refractivity contribution in [3.05, 3.63) is 0 Å². The standard InChI is InChI=1S/C18H33NOS/c1-2-14-3-4-16(13-19)17(11-14)15-5-8-20-18(12-15)6-9-21-10-7-18/h14-17H,2-13,19H2,1H3. The van der Waals surface area contributed by atoms with Crippen molar-refractivity contribution in [1.29, 1.82) is 0 Å². The highest BCUT2D eigenvalue weighted by molar-refractivity contribution is 7.99. The van der Waals surface area contributed by atoms with Crippen LogP contribution in [-0.2, 0) is 4.74 Å². The Morgan fingerprint density at radius 1 is 1.19 bits per heavy atom. The van der Waals surface area contributed by atoms with Crippen molar-refractivity contribution in [3.8, 4) is 0 Å². The average molecular weight is 312 g/mol. The number of nitrogens with two attached hydrogens (primary N) is 1. The second-order valence-electron chi connectivity index (χ2n) is 7.64. The summed E-state index contributed by atoms with van der Waals surface area (Å²) >= 11 is 2.11. The largest absolute Gasteiger partial charge is 0.375 e. The van der Waals surface area contributed by atoms with Gasteiger partial charge in [-0.15, -0.1) is 0 Å². The van der Waals surface area contributed by atoms with Gasteiger partial charge in [-0.1, -0.05) is 19.8 Å². The monoisotopic (exact) mass is 311 g/mol. The number of hydrogen-bond acceptors (Lipinski definition) is 3. The molecule has 3 rings (SSSR count). The SMILES string of the molecule is CCC1CCC(CN)C(C2CCOC3(CCSCC3)C2)C1. The summed E-state index contributed by atoms with van der Waals surface area (Å²) in [7, 11) is 0. The second kappa shape index (κ2) is 7.23. The van der Waals surface area contributed by atoms with E-state index in [0.717, 1.165) is 36.8 Å². The van der Waals surface area contributed by atoms with Gasteiger partial charge in [-0.3, -0.25) is 0 Å². The van der Waals surface area contributed by atoms with Crippen LogP contribution >= 0.6 is 11.8 Å². The molecule has 1 spiro atoms. The van der Waals surface area contributed by atoms with Gasteiger partial charge in [0.1, 0.15) is 0 Å². The number of rotatable bonds is 3. The van der Waals surface area contributed by atoms with E-state index in [2.05, 4.69) is 18.7 Å². The fourth-order valence-electron chi connectivity index (χ4n) is 5.12. The van der Waals surface area contributed by atoms with Gasteiger partial charge in [-0.25, -0.2) is 0 Å². The van der Waals surface area contributed by atoms with Crippen LogP contribution < -0.4 is 5.73 Å². The highest BCUT2D eigenvalue weighted by Crippen LogP contribution is 2.47. The van der Waals surface area contributed by atoms with Crippen molar-refractivity contribution in [3.63, 3.8) is 0 Å². The summed E-state index contributed by atoms with van der Waals surface area (Å²) in [5.74, 6) is 6.10. The van der Waals surface area contributed by atoms with E-state index in [1.54, 1.807) is 0 Å². The van der Waals surface area contributed by atoms with Crippen molar-refractivity contribution in [1.82, 2.24) is 0 Å². The van der Waals surface area contributed by atoms with Gasteiger partial charge in [0.25, 0.3) is 0 Å². The summed E-state index contributed by atoms with van der Waals surface area (Å²) < 4.78 is 6.30. The summed E-state index contributed by atoms with van der Waals surface area (Å²) in [6.45, 7) is 4.27. The molecule has 4 unspecified atom stereocenters. The van der Waals surface area contributed by atoms with Gasteiger partial charge in [0.15, 0.2) is 0 Å². The zero-order valence-corrected chi connectivity index (χ0v) is 14.5. The maximum absolute atomic E-state index is 6.30. The van der Waals surface area contributed by atoms with Crippen LogP contribution in [0.25, 0.3) is 0 Å². The Labute approximate surface area is 135 Å². The first-order chi connectivity index (χ1) is 10.3. The summed E-state index contributed by atoms with van der Waals surface area (Å²) in [6, 6.07) is 0. The minimum atomic E-state index is 0.243. The quantitative estimate of drug-likeness (QED) is 0.853. The molecule has 2 nitrogen and oxygen atoms in total. The molecule has 1 aliphatic carbocycles. The molecule has 2 saturated heterocycles. The summed E-state index contributed by atoms with van der Waals surface area (Å²) in [4.78, 5) is 0. The highest BCUT2D eigenvalue weighted by atomic mass is 32.2. The van der Waals surface area contributed by atoms with Crippen molar-refractivity contribution >= 4 is 11.8 Å². The molecule has 0 radical (unpaired) electrons. The molecule has 3 aliphatic rings. The van der Waals surface area contributed by atoms with E-state index in [-0.39, 0.29) is 5.60 Å². The van der Waals surface area contributed by atoms with Crippen LogP contribution in [-0.4, -0.2) is 30.3 Å². The minimum Gasteiger partial charge on any atom is -0.375 e. The lowest BCUT2D eigenvalue weighted by atomic mass is 9.64. The van der Waals surface area contributed by atoms with Gasteiger partial charge >= 0.3 is 0 Å². The number of thioether (sulfide) groups is 1. The van der Waals surface area contributed by atoms with Gasteiger partial charge in [-0.2, -0.15) is 11.8 Å². The molecule has 0 bridgehead atoms. The normalized spacial score (nSPS) is 40.3. The molecular weight excluding hydrogens is 278 g/mol. The highest BCUT2D eigenvalue weighted by Gasteiger charge is 2.43. The fraction of sp³-hybridized carbons (Fsp3) is 1.00. The third-order valence-electron chi connectivity index (χ3n) is 6.58. The molecule has 2 N–H and O–H groups in total. The molecule has 21 heavy (non-hydrogen) atoms. The first-order valence-electron chi connectivity index (χ1n) is 9.18. The predicted octanol–water partition coefficient (Wildman–Crippen LogP) is 4.08. The summed E-state index contributed by atoms with van der Waals surface area (Å²) in [6.07, 6.45) is 10.8. The first kappa shape index (κ1) is 16.1. The Hall–Kier alpha value is 0.270. The van der Waals surface area contributed by atoms with E-state index < -0.39 is 0 Å². The van der Waals surface area contributed by atoms with Gasteiger partial charge in [0.2, 0.25) is 0 Å². The molecule has 4 atom stereocenters. The lowest BCUT2D eigenvalue weighted by molar-refractivity contribution is -0.118. The van der Waals surface area contributed by atoms with E-state index >= 15 is 0 Å². The van der Waals surface area contributed by atoms with Crippen LogP contribution in [0.4, 0.5) is 0 Å². The van der Waals surface area contributed by atoms with E-state index in [1.807, 2.05) is 0 Å². The molecule has 122 valence electrons. The maximum atomic E-state index is 6.30. The van der Waals surface area contributed by atoms with Gasteiger partial charge in [-0.05, 0) is 80.2 Å². The second-order valence-corrected chi connectivity index (χ2v) is 8.87. The average Bonchev–Trinajstić information content (AvgIpc) is 2.55. The van der Waals surface area contributed by atoms with E-state index in [4.69, 9.17) is 10.5 Å². The minimum absolute atomic E-state index is 0.243. The molecule has 0 aromatic heterocycles. The Kier molecular flexibility index (Phi) is 5.55. The van der Waals surface area contributed by atoms with Gasteiger partial charge in [0, 0.05) is 6.61 Å².